The molecule has 2 rings (SSSR count). The summed E-state index contributed by atoms with van der Waals surface area (Å²) in [6, 6.07) is 1.75. The van der Waals surface area contributed by atoms with Crippen molar-refractivity contribution in [1.82, 2.24) is 4.90 Å². The van der Waals surface area contributed by atoms with Crippen LogP contribution in [0.1, 0.15) is 46.0 Å². The highest BCUT2D eigenvalue weighted by Gasteiger charge is 2.39. The first-order valence-electron chi connectivity index (χ1n) is 5.55. The van der Waals surface area contributed by atoms with Gasteiger partial charge in [0.05, 0.1) is 0 Å². The Morgan fingerprint density at radius 3 is 2.58 bits per heavy atom. The lowest BCUT2D eigenvalue weighted by Gasteiger charge is -2.50. The van der Waals surface area contributed by atoms with E-state index in [-0.39, 0.29) is 0 Å². The van der Waals surface area contributed by atoms with E-state index in [9.17, 15) is 0 Å². The number of hydrogen-bond donors (Lipinski definition) is 0. The van der Waals surface area contributed by atoms with Gasteiger partial charge in [-0.15, -0.1) is 0 Å². The Morgan fingerprint density at radius 2 is 1.83 bits per heavy atom. The fourth-order valence-corrected chi connectivity index (χ4v) is 2.88. The molecule has 2 aliphatic rings. The zero-order valence-corrected chi connectivity index (χ0v) is 8.42. The van der Waals surface area contributed by atoms with Crippen LogP contribution in [-0.4, -0.2) is 23.5 Å². The van der Waals surface area contributed by atoms with Gasteiger partial charge in [-0.05, 0) is 32.6 Å². The van der Waals surface area contributed by atoms with E-state index in [0.29, 0.717) is 0 Å². The van der Waals surface area contributed by atoms with Crippen molar-refractivity contribution in [1.29, 1.82) is 0 Å². The zero-order valence-electron chi connectivity index (χ0n) is 8.42. The molecule has 12 heavy (non-hydrogen) atoms. The van der Waals surface area contributed by atoms with Crippen LogP contribution in [0.15, 0.2) is 0 Å². The molecular formula is C11H21N. The minimum Gasteiger partial charge on any atom is -0.297 e. The second kappa shape index (κ2) is 3.37. The van der Waals surface area contributed by atoms with Crippen LogP contribution in [0, 0.1) is 5.92 Å². The van der Waals surface area contributed by atoms with Crippen LogP contribution in [0.4, 0.5) is 0 Å². The lowest BCUT2D eigenvalue weighted by molar-refractivity contribution is -0.0153. The number of nitrogens with zero attached hydrogens (tertiary/aromatic N) is 1. The molecule has 2 unspecified atom stereocenters. The van der Waals surface area contributed by atoms with Crippen molar-refractivity contribution in [3.05, 3.63) is 0 Å². The molecule has 1 nitrogen and oxygen atoms in total. The number of likely N-dealkylation sites (tertiary alicyclic amines) is 1. The molecule has 0 spiro atoms. The molecule has 0 aromatic heterocycles. The summed E-state index contributed by atoms with van der Waals surface area (Å²) in [5.41, 5.74) is 0. The molecule has 1 heteroatoms. The van der Waals surface area contributed by atoms with E-state index in [2.05, 4.69) is 18.7 Å². The maximum absolute atomic E-state index is 2.69. The number of rotatable bonds is 1. The quantitative estimate of drug-likeness (QED) is 0.580. The average Bonchev–Trinajstić information content (AvgIpc) is 2.13. The Kier molecular flexibility index (Phi) is 2.40. The second-order valence-corrected chi connectivity index (χ2v) is 4.76. The molecule has 1 saturated heterocycles. The van der Waals surface area contributed by atoms with Gasteiger partial charge in [-0.3, -0.25) is 4.90 Å². The van der Waals surface area contributed by atoms with E-state index in [1.54, 1.807) is 0 Å². The summed E-state index contributed by atoms with van der Waals surface area (Å²) in [6.07, 6.45) is 7.44. The molecule has 1 heterocycles. The average molecular weight is 167 g/mol. The topological polar surface area (TPSA) is 3.24 Å². The maximum Gasteiger partial charge on any atom is 0.0139 e. The summed E-state index contributed by atoms with van der Waals surface area (Å²) in [7, 11) is 0. The first-order valence-corrected chi connectivity index (χ1v) is 5.55. The van der Waals surface area contributed by atoms with Gasteiger partial charge in [0, 0.05) is 18.6 Å². The van der Waals surface area contributed by atoms with Crippen LogP contribution in [0.25, 0.3) is 0 Å². The van der Waals surface area contributed by atoms with Crippen LogP contribution in [0.2, 0.25) is 0 Å². The first kappa shape index (κ1) is 8.55. The van der Waals surface area contributed by atoms with Crippen LogP contribution in [0.5, 0.6) is 0 Å². The third-order valence-electron chi connectivity index (χ3n) is 3.65. The summed E-state index contributed by atoms with van der Waals surface area (Å²) in [4.78, 5) is 2.69. The van der Waals surface area contributed by atoms with Gasteiger partial charge in [0.1, 0.15) is 0 Å². The molecule has 1 saturated carbocycles. The predicted octanol–water partition coefficient (Wildman–Crippen LogP) is 2.66. The maximum atomic E-state index is 2.69. The van der Waals surface area contributed by atoms with Crippen LogP contribution in [-0.2, 0) is 0 Å². The summed E-state index contributed by atoms with van der Waals surface area (Å²) < 4.78 is 0. The third kappa shape index (κ3) is 1.39. The van der Waals surface area contributed by atoms with E-state index < -0.39 is 0 Å². The van der Waals surface area contributed by atoms with Gasteiger partial charge in [-0.1, -0.05) is 19.3 Å². The van der Waals surface area contributed by atoms with Gasteiger partial charge in [-0.25, -0.2) is 0 Å². The first-order chi connectivity index (χ1) is 5.79. The van der Waals surface area contributed by atoms with Gasteiger partial charge < -0.3 is 0 Å². The van der Waals surface area contributed by atoms with Crippen LogP contribution < -0.4 is 0 Å². The Hall–Kier alpha value is -0.0400. The third-order valence-corrected chi connectivity index (χ3v) is 3.65. The highest BCUT2D eigenvalue weighted by molar-refractivity contribution is 4.94. The van der Waals surface area contributed by atoms with E-state index in [1.165, 1.54) is 38.6 Å². The Labute approximate surface area is 76.1 Å². The van der Waals surface area contributed by atoms with Gasteiger partial charge in [0.15, 0.2) is 0 Å². The van der Waals surface area contributed by atoms with Crippen molar-refractivity contribution in [3.8, 4) is 0 Å². The van der Waals surface area contributed by atoms with Gasteiger partial charge in [0.25, 0.3) is 0 Å². The van der Waals surface area contributed by atoms with E-state index in [4.69, 9.17) is 0 Å². The van der Waals surface area contributed by atoms with Crippen molar-refractivity contribution in [2.24, 2.45) is 5.92 Å². The molecule has 1 aliphatic heterocycles. The molecule has 0 bridgehead atoms. The predicted molar refractivity (Wildman–Crippen MR) is 52.2 cm³/mol. The molecule has 0 aromatic carbocycles. The van der Waals surface area contributed by atoms with Crippen molar-refractivity contribution in [2.45, 2.75) is 58.0 Å². The highest BCUT2D eigenvalue weighted by Crippen LogP contribution is 2.36. The molecule has 0 N–H and O–H groups in total. The fourth-order valence-electron chi connectivity index (χ4n) is 2.88. The van der Waals surface area contributed by atoms with E-state index in [1.807, 2.05) is 0 Å². The SMILES string of the molecule is CC(C)N1CC2CCCCCC21. The number of fused-ring (bicyclic) bond motifs is 1. The highest BCUT2D eigenvalue weighted by atomic mass is 15.2. The van der Waals surface area contributed by atoms with Gasteiger partial charge in [-0.2, -0.15) is 0 Å². The van der Waals surface area contributed by atoms with E-state index >= 15 is 0 Å². The molecule has 70 valence electrons. The lowest BCUT2D eigenvalue weighted by Crippen LogP contribution is -2.58. The van der Waals surface area contributed by atoms with Crippen molar-refractivity contribution in [2.75, 3.05) is 6.54 Å². The molecule has 2 atom stereocenters. The standard InChI is InChI=1S/C11H21N/c1-9(2)12-8-10-6-4-3-5-7-11(10)12/h9-11H,3-8H2,1-2H3. The van der Waals surface area contributed by atoms with Crippen molar-refractivity contribution >= 4 is 0 Å². The monoisotopic (exact) mass is 167 g/mol. The molecule has 0 aromatic rings. The molecule has 0 radical (unpaired) electrons. The van der Waals surface area contributed by atoms with Crippen molar-refractivity contribution < 1.29 is 0 Å². The van der Waals surface area contributed by atoms with E-state index in [0.717, 1.165) is 18.0 Å². The number of hydrogen-bond acceptors (Lipinski definition) is 1. The molecule has 1 aliphatic carbocycles. The summed E-state index contributed by atoms with van der Waals surface area (Å²) >= 11 is 0. The summed E-state index contributed by atoms with van der Waals surface area (Å²) in [5.74, 6) is 1.06. The molecule has 0 amide bonds. The second-order valence-electron chi connectivity index (χ2n) is 4.76. The van der Waals surface area contributed by atoms with Crippen LogP contribution >= 0.6 is 0 Å². The summed E-state index contributed by atoms with van der Waals surface area (Å²) in [5, 5.41) is 0. The summed E-state index contributed by atoms with van der Waals surface area (Å²) in [6.45, 7) is 6.06. The molecule has 2 fully saturated rings. The van der Waals surface area contributed by atoms with Crippen LogP contribution in [0.3, 0.4) is 0 Å². The van der Waals surface area contributed by atoms with Gasteiger partial charge >= 0.3 is 0 Å². The Bertz CT molecular complexity index is 153. The normalized spacial score (nSPS) is 37.2. The fraction of sp³-hybridized carbons (Fsp3) is 1.00. The van der Waals surface area contributed by atoms with Crippen molar-refractivity contribution in [3.63, 3.8) is 0 Å². The Morgan fingerprint density at radius 1 is 1.08 bits per heavy atom. The minimum atomic E-state index is 0.782. The molecular weight excluding hydrogens is 146 g/mol. The lowest BCUT2D eigenvalue weighted by atomic mass is 9.83. The Balaban J connectivity index is 1.92. The smallest absolute Gasteiger partial charge is 0.0139 e. The largest absolute Gasteiger partial charge is 0.297 e. The zero-order chi connectivity index (χ0) is 8.55. The minimum absolute atomic E-state index is 0.782. The van der Waals surface area contributed by atoms with Gasteiger partial charge in [0.2, 0.25) is 0 Å².